The SMILES string of the molecule is N#CCNC(=O)C1CCCN(c2ccnc3nnc4[nH]ccc4c23)C1. The third-order valence-electron chi connectivity index (χ3n) is 4.62. The molecule has 1 saturated heterocycles. The van der Waals surface area contributed by atoms with E-state index in [4.69, 9.17) is 5.26 Å². The van der Waals surface area contributed by atoms with Crippen LogP contribution in [0, 0.1) is 17.2 Å². The highest BCUT2D eigenvalue weighted by molar-refractivity contribution is 6.08. The van der Waals surface area contributed by atoms with Crippen LogP contribution in [0.15, 0.2) is 24.5 Å². The van der Waals surface area contributed by atoms with E-state index in [1.165, 1.54) is 0 Å². The van der Waals surface area contributed by atoms with E-state index in [1.807, 2.05) is 24.4 Å². The maximum Gasteiger partial charge on any atom is 0.225 e. The molecule has 1 amide bonds. The topological polar surface area (TPSA) is 111 Å². The van der Waals surface area contributed by atoms with Gasteiger partial charge in [-0.1, -0.05) is 0 Å². The number of rotatable bonds is 3. The molecule has 1 unspecified atom stereocenters. The number of amides is 1. The quantitative estimate of drug-likeness (QED) is 0.699. The van der Waals surface area contributed by atoms with Crippen molar-refractivity contribution in [2.45, 2.75) is 12.8 Å². The lowest BCUT2D eigenvalue weighted by atomic mass is 9.96. The van der Waals surface area contributed by atoms with Crippen LogP contribution in [0.3, 0.4) is 0 Å². The van der Waals surface area contributed by atoms with Crippen molar-refractivity contribution in [3.63, 3.8) is 0 Å². The first-order chi connectivity index (χ1) is 12.3. The highest BCUT2D eigenvalue weighted by Crippen LogP contribution is 2.32. The average molecular weight is 335 g/mol. The summed E-state index contributed by atoms with van der Waals surface area (Å²) in [7, 11) is 0. The number of piperidine rings is 1. The Bertz CT molecular complexity index is 974. The Morgan fingerprint density at radius 3 is 3.24 bits per heavy atom. The van der Waals surface area contributed by atoms with Gasteiger partial charge in [0.15, 0.2) is 11.3 Å². The van der Waals surface area contributed by atoms with E-state index < -0.39 is 0 Å². The van der Waals surface area contributed by atoms with Crippen molar-refractivity contribution in [1.82, 2.24) is 25.5 Å². The van der Waals surface area contributed by atoms with Crippen molar-refractivity contribution in [1.29, 1.82) is 5.26 Å². The number of hydrogen-bond acceptors (Lipinski definition) is 6. The first-order valence-corrected chi connectivity index (χ1v) is 8.26. The van der Waals surface area contributed by atoms with Crippen LogP contribution in [0.1, 0.15) is 12.8 Å². The van der Waals surface area contributed by atoms with Gasteiger partial charge in [-0.2, -0.15) is 5.26 Å². The van der Waals surface area contributed by atoms with Crippen LogP contribution < -0.4 is 10.2 Å². The number of fused-ring (bicyclic) bond motifs is 3. The second-order valence-corrected chi connectivity index (χ2v) is 6.13. The van der Waals surface area contributed by atoms with Gasteiger partial charge in [-0.15, -0.1) is 10.2 Å². The Labute approximate surface area is 143 Å². The Kier molecular flexibility index (Phi) is 3.90. The number of carbonyl (C=O) groups excluding carboxylic acids is 1. The fourth-order valence-electron chi connectivity index (χ4n) is 3.46. The van der Waals surface area contributed by atoms with Gasteiger partial charge in [0.25, 0.3) is 0 Å². The summed E-state index contributed by atoms with van der Waals surface area (Å²) >= 11 is 0. The molecule has 8 nitrogen and oxygen atoms in total. The lowest BCUT2D eigenvalue weighted by molar-refractivity contribution is -0.125. The van der Waals surface area contributed by atoms with Crippen LogP contribution in [0.4, 0.5) is 5.69 Å². The fraction of sp³-hybridized carbons (Fsp3) is 0.353. The fourth-order valence-corrected chi connectivity index (χ4v) is 3.46. The van der Waals surface area contributed by atoms with Gasteiger partial charge in [0.05, 0.1) is 23.1 Å². The highest BCUT2D eigenvalue weighted by Gasteiger charge is 2.27. The first kappa shape index (κ1) is 15.3. The number of pyridine rings is 1. The number of nitrogens with zero attached hydrogens (tertiary/aromatic N) is 5. The zero-order chi connectivity index (χ0) is 17.2. The third-order valence-corrected chi connectivity index (χ3v) is 4.62. The summed E-state index contributed by atoms with van der Waals surface area (Å²) in [6.45, 7) is 1.53. The van der Waals surface area contributed by atoms with Crippen LogP contribution in [0.2, 0.25) is 0 Å². The predicted octanol–water partition coefficient (Wildman–Crippen LogP) is 1.36. The Hall–Kier alpha value is -3.21. The van der Waals surface area contributed by atoms with E-state index in [0.717, 1.165) is 41.5 Å². The van der Waals surface area contributed by atoms with E-state index in [1.54, 1.807) is 6.20 Å². The largest absolute Gasteiger partial charge is 0.370 e. The molecule has 0 aromatic carbocycles. The summed E-state index contributed by atoms with van der Waals surface area (Å²) in [5.74, 6) is -0.182. The second-order valence-electron chi connectivity index (χ2n) is 6.13. The molecular weight excluding hydrogens is 318 g/mol. The molecule has 0 aliphatic carbocycles. The minimum Gasteiger partial charge on any atom is -0.370 e. The lowest BCUT2D eigenvalue weighted by Crippen LogP contribution is -2.43. The minimum atomic E-state index is -0.123. The van der Waals surface area contributed by atoms with Crippen LogP contribution in [0.25, 0.3) is 22.1 Å². The number of carbonyl (C=O) groups is 1. The number of nitrogens with one attached hydrogen (secondary N) is 2. The first-order valence-electron chi connectivity index (χ1n) is 8.26. The number of nitriles is 1. The van der Waals surface area contributed by atoms with Crippen molar-refractivity contribution < 1.29 is 4.79 Å². The van der Waals surface area contributed by atoms with Gasteiger partial charge in [0.1, 0.15) is 6.54 Å². The van der Waals surface area contributed by atoms with Crippen LogP contribution >= 0.6 is 0 Å². The van der Waals surface area contributed by atoms with Crippen molar-refractivity contribution in [2.24, 2.45) is 5.92 Å². The van der Waals surface area contributed by atoms with E-state index in [9.17, 15) is 4.79 Å². The summed E-state index contributed by atoms with van der Waals surface area (Å²) in [4.78, 5) is 21.9. The zero-order valence-electron chi connectivity index (χ0n) is 13.6. The van der Waals surface area contributed by atoms with Crippen LogP contribution in [-0.4, -0.2) is 45.7 Å². The monoisotopic (exact) mass is 335 g/mol. The molecule has 3 aromatic rings. The number of H-pyrrole nitrogens is 1. The van der Waals surface area contributed by atoms with Crippen LogP contribution in [0.5, 0.6) is 0 Å². The van der Waals surface area contributed by atoms with Gasteiger partial charge < -0.3 is 15.2 Å². The molecule has 8 heteroatoms. The van der Waals surface area contributed by atoms with Crippen molar-refractivity contribution in [3.05, 3.63) is 24.5 Å². The Morgan fingerprint density at radius 2 is 2.36 bits per heavy atom. The number of aromatic amines is 1. The Balaban J connectivity index is 1.70. The molecule has 1 fully saturated rings. The summed E-state index contributed by atoms with van der Waals surface area (Å²) in [5.41, 5.74) is 2.34. The van der Waals surface area contributed by atoms with Crippen molar-refractivity contribution >= 4 is 33.7 Å². The number of anilines is 1. The lowest BCUT2D eigenvalue weighted by Gasteiger charge is -2.34. The van der Waals surface area contributed by atoms with Gasteiger partial charge in [-0.25, -0.2) is 4.98 Å². The van der Waals surface area contributed by atoms with Gasteiger partial charge in [-0.05, 0) is 25.0 Å². The predicted molar refractivity (Wildman–Crippen MR) is 92.7 cm³/mol. The maximum absolute atomic E-state index is 12.2. The summed E-state index contributed by atoms with van der Waals surface area (Å²) in [6, 6.07) is 5.88. The molecule has 2 N–H and O–H groups in total. The molecule has 126 valence electrons. The molecule has 0 radical (unpaired) electrons. The Morgan fingerprint density at radius 1 is 1.44 bits per heavy atom. The van der Waals surface area contributed by atoms with Gasteiger partial charge in [0.2, 0.25) is 5.91 Å². The minimum absolute atomic E-state index is 0.0487. The average Bonchev–Trinajstić information content (AvgIpc) is 3.14. The summed E-state index contributed by atoms with van der Waals surface area (Å²) in [5, 5.41) is 21.6. The smallest absolute Gasteiger partial charge is 0.225 e. The maximum atomic E-state index is 12.2. The molecule has 25 heavy (non-hydrogen) atoms. The molecule has 3 aromatic heterocycles. The van der Waals surface area contributed by atoms with Gasteiger partial charge in [0, 0.05) is 30.9 Å². The van der Waals surface area contributed by atoms with Gasteiger partial charge >= 0.3 is 0 Å². The third kappa shape index (κ3) is 2.74. The number of aromatic nitrogens is 4. The van der Waals surface area contributed by atoms with Crippen molar-refractivity contribution in [2.75, 3.05) is 24.5 Å². The van der Waals surface area contributed by atoms with Crippen molar-refractivity contribution in [3.8, 4) is 6.07 Å². The van der Waals surface area contributed by atoms with E-state index in [2.05, 4.69) is 30.4 Å². The number of hydrogen-bond donors (Lipinski definition) is 2. The normalized spacial score (nSPS) is 17.6. The van der Waals surface area contributed by atoms with E-state index >= 15 is 0 Å². The molecule has 1 aliphatic rings. The molecule has 4 rings (SSSR count). The highest BCUT2D eigenvalue weighted by atomic mass is 16.1. The molecule has 1 atom stereocenters. The summed E-state index contributed by atoms with van der Waals surface area (Å²) in [6.07, 6.45) is 5.31. The van der Waals surface area contributed by atoms with E-state index in [0.29, 0.717) is 12.2 Å². The molecule has 0 spiro atoms. The van der Waals surface area contributed by atoms with Gasteiger partial charge in [-0.3, -0.25) is 4.79 Å². The molecule has 0 saturated carbocycles. The summed E-state index contributed by atoms with van der Waals surface area (Å²) < 4.78 is 0. The molecule has 1 aliphatic heterocycles. The zero-order valence-corrected chi connectivity index (χ0v) is 13.6. The van der Waals surface area contributed by atoms with E-state index in [-0.39, 0.29) is 18.4 Å². The second kappa shape index (κ2) is 6.36. The molecule has 0 bridgehead atoms. The standard InChI is InChI=1S/C17H17N7O/c18-5-8-21-17(25)11-2-1-9-24(10-11)13-4-7-20-16-14(13)12-3-6-19-15(12)22-23-16/h3-4,6-7,11H,1-2,8-10H2,(H,19,22)(H,21,25). The van der Waals surface area contributed by atoms with Crippen LogP contribution in [-0.2, 0) is 4.79 Å². The molecular formula is C17H17N7O. The molecule has 4 heterocycles.